The van der Waals surface area contributed by atoms with E-state index in [0.29, 0.717) is 0 Å². The van der Waals surface area contributed by atoms with E-state index >= 15 is 0 Å². The fraction of sp³-hybridized carbons (Fsp3) is 0.308. The van der Waals surface area contributed by atoms with Crippen molar-refractivity contribution >= 4 is 11.4 Å². The van der Waals surface area contributed by atoms with E-state index in [-0.39, 0.29) is 21.4 Å². The molecular formula is C26H26N2O2. The number of nitro benzene ring substituents is 1. The van der Waals surface area contributed by atoms with Crippen LogP contribution in [-0.2, 0) is 10.8 Å². The summed E-state index contributed by atoms with van der Waals surface area (Å²) in [4.78, 5) is 14.3. The molecule has 0 fully saturated rings. The first-order chi connectivity index (χ1) is 14.4. The SMILES string of the molecule is C[C@@]1(c2ccccc2)CCN2CC[C@](C)(c3ccccc3)c3c([N+](=O)[O-])ccc1c32. The average Bonchev–Trinajstić information content (AvgIpc) is 2.79. The summed E-state index contributed by atoms with van der Waals surface area (Å²) in [5.41, 5.74) is 5.28. The summed E-state index contributed by atoms with van der Waals surface area (Å²) in [5, 5.41) is 12.1. The maximum atomic E-state index is 12.1. The summed E-state index contributed by atoms with van der Waals surface area (Å²) in [7, 11) is 0. The molecule has 0 spiro atoms. The molecule has 0 aromatic heterocycles. The molecule has 0 unspecified atom stereocenters. The molecule has 30 heavy (non-hydrogen) atoms. The van der Waals surface area contributed by atoms with Crippen LogP contribution in [0.3, 0.4) is 0 Å². The molecule has 0 aliphatic carbocycles. The van der Waals surface area contributed by atoms with Gasteiger partial charge in [0.1, 0.15) is 0 Å². The molecule has 152 valence electrons. The Labute approximate surface area is 177 Å². The van der Waals surface area contributed by atoms with Gasteiger partial charge in [-0.3, -0.25) is 10.1 Å². The van der Waals surface area contributed by atoms with E-state index in [9.17, 15) is 10.1 Å². The number of hydrogen-bond donors (Lipinski definition) is 0. The number of nitro groups is 1. The molecule has 3 aromatic rings. The first-order valence-corrected chi connectivity index (χ1v) is 10.6. The third-order valence-electron chi connectivity index (χ3n) is 7.40. The van der Waals surface area contributed by atoms with E-state index in [2.05, 4.69) is 55.1 Å². The maximum absolute atomic E-state index is 12.1. The van der Waals surface area contributed by atoms with Crippen LogP contribution in [0.1, 0.15) is 48.9 Å². The Kier molecular flexibility index (Phi) is 4.21. The predicted molar refractivity (Wildman–Crippen MR) is 120 cm³/mol. The van der Waals surface area contributed by atoms with E-state index in [0.717, 1.165) is 42.7 Å². The van der Waals surface area contributed by atoms with E-state index in [1.165, 1.54) is 11.1 Å². The third kappa shape index (κ3) is 2.59. The lowest BCUT2D eigenvalue weighted by Gasteiger charge is -2.49. The standard InChI is InChI=1S/C26H26N2O2/c1-25(19-9-5-3-6-10-19)15-17-27-18-16-26(2,20-11-7-4-8-12-20)23-22(28(29)30)14-13-21(25)24(23)27/h3-14H,15-18H2,1-2H3/t25-,26+/m0/s1. The summed E-state index contributed by atoms with van der Waals surface area (Å²) in [5.74, 6) is 0. The Balaban J connectivity index is 1.82. The van der Waals surface area contributed by atoms with Crippen molar-refractivity contribution in [2.24, 2.45) is 0 Å². The van der Waals surface area contributed by atoms with Crippen LogP contribution >= 0.6 is 0 Å². The molecule has 0 saturated heterocycles. The van der Waals surface area contributed by atoms with Crippen LogP contribution in [-0.4, -0.2) is 18.0 Å². The van der Waals surface area contributed by atoms with Gasteiger partial charge < -0.3 is 4.90 Å². The van der Waals surface area contributed by atoms with Crippen molar-refractivity contribution in [2.45, 2.75) is 37.5 Å². The second-order valence-electron chi connectivity index (χ2n) is 9.00. The van der Waals surface area contributed by atoms with Crippen LogP contribution < -0.4 is 4.90 Å². The fourth-order valence-corrected chi connectivity index (χ4v) is 5.56. The van der Waals surface area contributed by atoms with E-state index in [4.69, 9.17) is 0 Å². The summed E-state index contributed by atoms with van der Waals surface area (Å²) in [6.07, 6.45) is 1.87. The van der Waals surface area contributed by atoms with E-state index in [1.807, 2.05) is 30.3 Å². The Bertz CT molecular complexity index is 1110. The molecule has 2 aliphatic rings. The van der Waals surface area contributed by atoms with Crippen molar-refractivity contribution < 1.29 is 4.92 Å². The van der Waals surface area contributed by atoms with Gasteiger partial charge in [-0.15, -0.1) is 0 Å². The van der Waals surface area contributed by atoms with E-state index < -0.39 is 0 Å². The van der Waals surface area contributed by atoms with Gasteiger partial charge in [-0.25, -0.2) is 0 Å². The smallest absolute Gasteiger partial charge is 0.275 e. The largest absolute Gasteiger partial charge is 0.371 e. The summed E-state index contributed by atoms with van der Waals surface area (Å²) in [6, 6.07) is 24.6. The van der Waals surface area contributed by atoms with Crippen molar-refractivity contribution in [3.8, 4) is 0 Å². The molecule has 0 radical (unpaired) electrons. The first-order valence-electron chi connectivity index (χ1n) is 10.6. The molecule has 0 amide bonds. The summed E-state index contributed by atoms with van der Waals surface area (Å²) >= 11 is 0. The van der Waals surface area contributed by atoms with Crippen molar-refractivity contribution in [3.63, 3.8) is 0 Å². The lowest BCUT2D eigenvalue weighted by molar-refractivity contribution is -0.386. The molecule has 0 bridgehead atoms. The van der Waals surface area contributed by atoms with E-state index in [1.54, 1.807) is 6.07 Å². The van der Waals surface area contributed by atoms with Crippen LogP contribution in [0.5, 0.6) is 0 Å². The monoisotopic (exact) mass is 398 g/mol. The minimum Gasteiger partial charge on any atom is -0.371 e. The molecule has 2 aliphatic heterocycles. The molecule has 2 heterocycles. The molecule has 0 N–H and O–H groups in total. The molecule has 4 heteroatoms. The Morgan fingerprint density at radius 2 is 1.33 bits per heavy atom. The second kappa shape index (κ2) is 6.69. The summed E-state index contributed by atoms with van der Waals surface area (Å²) < 4.78 is 0. The zero-order valence-electron chi connectivity index (χ0n) is 17.5. The molecule has 3 aromatic carbocycles. The van der Waals surface area contributed by atoms with Gasteiger partial charge in [-0.1, -0.05) is 74.5 Å². The van der Waals surface area contributed by atoms with Crippen LogP contribution in [0, 0.1) is 10.1 Å². The van der Waals surface area contributed by atoms with Crippen LogP contribution in [0.4, 0.5) is 11.4 Å². The first kappa shape index (κ1) is 18.9. The van der Waals surface area contributed by atoms with Crippen molar-refractivity contribution in [1.82, 2.24) is 0 Å². The van der Waals surface area contributed by atoms with Gasteiger partial charge in [0.15, 0.2) is 0 Å². The lowest BCUT2D eigenvalue weighted by atomic mass is 9.64. The van der Waals surface area contributed by atoms with Crippen molar-refractivity contribution in [1.29, 1.82) is 0 Å². The lowest BCUT2D eigenvalue weighted by Crippen LogP contribution is -2.47. The predicted octanol–water partition coefficient (Wildman–Crippen LogP) is 5.82. The van der Waals surface area contributed by atoms with Crippen LogP contribution in [0.2, 0.25) is 0 Å². The van der Waals surface area contributed by atoms with Crippen molar-refractivity contribution in [3.05, 3.63) is 105 Å². The highest BCUT2D eigenvalue weighted by Crippen LogP contribution is 2.55. The molecular weight excluding hydrogens is 372 g/mol. The fourth-order valence-electron chi connectivity index (χ4n) is 5.56. The van der Waals surface area contributed by atoms with Gasteiger partial charge in [-0.05, 0) is 35.6 Å². The quantitative estimate of drug-likeness (QED) is 0.412. The van der Waals surface area contributed by atoms with Gasteiger partial charge in [-0.2, -0.15) is 0 Å². The van der Waals surface area contributed by atoms with Gasteiger partial charge in [0.25, 0.3) is 5.69 Å². The highest BCUT2D eigenvalue weighted by atomic mass is 16.6. The number of nitrogens with zero attached hydrogens (tertiary/aromatic N) is 2. The van der Waals surface area contributed by atoms with Gasteiger partial charge in [0.2, 0.25) is 0 Å². The van der Waals surface area contributed by atoms with Crippen molar-refractivity contribution in [2.75, 3.05) is 18.0 Å². The minimum atomic E-state index is -0.388. The molecule has 2 atom stereocenters. The second-order valence-corrected chi connectivity index (χ2v) is 9.00. The number of benzene rings is 3. The average molecular weight is 399 g/mol. The minimum absolute atomic E-state index is 0.161. The Morgan fingerprint density at radius 3 is 1.90 bits per heavy atom. The number of rotatable bonds is 3. The van der Waals surface area contributed by atoms with Gasteiger partial charge in [0.05, 0.1) is 16.2 Å². The van der Waals surface area contributed by atoms with Gasteiger partial charge in [0, 0.05) is 30.0 Å². The third-order valence-corrected chi connectivity index (χ3v) is 7.40. The topological polar surface area (TPSA) is 46.4 Å². The summed E-state index contributed by atoms with van der Waals surface area (Å²) in [6.45, 7) is 6.29. The zero-order valence-corrected chi connectivity index (χ0v) is 17.5. The molecule has 0 saturated carbocycles. The number of hydrogen-bond acceptors (Lipinski definition) is 3. The highest BCUT2D eigenvalue weighted by molar-refractivity contribution is 5.76. The van der Waals surface area contributed by atoms with Crippen LogP contribution in [0.25, 0.3) is 0 Å². The highest BCUT2D eigenvalue weighted by Gasteiger charge is 2.47. The molecule has 4 nitrogen and oxygen atoms in total. The maximum Gasteiger partial charge on any atom is 0.275 e. The van der Waals surface area contributed by atoms with Crippen LogP contribution in [0.15, 0.2) is 72.8 Å². The number of anilines is 1. The normalized spacial score (nSPS) is 24.9. The zero-order chi connectivity index (χ0) is 20.9. The van der Waals surface area contributed by atoms with Gasteiger partial charge >= 0.3 is 0 Å². The Hall–Kier alpha value is -3.14. The molecule has 5 rings (SSSR count). The Morgan fingerprint density at radius 1 is 0.800 bits per heavy atom.